The van der Waals surface area contributed by atoms with Gasteiger partial charge in [-0.2, -0.15) is 0 Å². The number of hydrogen-bond donors (Lipinski definition) is 1. The first kappa shape index (κ1) is 14.5. The van der Waals surface area contributed by atoms with Gasteiger partial charge in [0.1, 0.15) is 5.82 Å². The molecule has 1 aromatic carbocycles. The molecule has 2 nitrogen and oxygen atoms in total. The van der Waals surface area contributed by atoms with E-state index < -0.39 is 0 Å². The minimum Gasteiger partial charge on any atom is -0.374 e. The van der Waals surface area contributed by atoms with E-state index in [1.54, 1.807) is 12.1 Å². The number of rotatable bonds is 6. The zero-order valence-corrected chi connectivity index (χ0v) is 11.9. The Balaban J connectivity index is 2.09. The normalized spacial score (nSPS) is 24.6. The van der Waals surface area contributed by atoms with Crippen molar-refractivity contribution >= 4 is 0 Å². The number of benzene rings is 1. The Hall–Kier alpha value is -0.930. The Labute approximate surface area is 115 Å². The van der Waals surface area contributed by atoms with Gasteiger partial charge in [0, 0.05) is 12.6 Å². The lowest BCUT2D eigenvalue weighted by Gasteiger charge is -2.34. The quantitative estimate of drug-likeness (QED) is 0.852. The van der Waals surface area contributed by atoms with E-state index in [4.69, 9.17) is 4.74 Å². The molecule has 0 radical (unpaired) electrons. The van der Waals surface area contributed by atoms with Gasteiger partial charge in [0.25, 0.3) is 0 Å². The highest BCUT2D eigenvalue weighted by molar-refractivity contribution is 5.18. The Bertz CT molecular complexity index is 401. The van der Waals surface area contributed by atoms with Crippen molar-refractivity contribution in [2.75, 3.05) is 13.2 Å². The van der Waals surface area contributed by atoms with Crippen molar-refractivity contribution in [3.8, 4) is 0 Å². The van der Waals surface area contributed by atoms with Gasteiger partial charge in [-0.05, 0) is 56.8 Å². The van der Waals surface area contributed by atoms with Crippen LogP contribution >= 0.6 is 0 Å². The third kappa shape index (κ3) is 3.77. The van der Waals surface area contributed by atoms with Crippen molar-refractivity contribution in [3.05, 3.63) is 35.6 Å². The van der Waals surface area contributed by atoms with Crippen LogP contribution in [0.1, 0.15) is 38.7 Å². The first-order valence-corrected chi connectivity index (χ1v) is 7.26. The first-order chi connectivity index (χ1) is 9.14. The molecule has 0 aromatic heterocycles. The van der Waals surface area contributed by atoms with Crippen LogP contribution in [0.5, 0.6) is 0 Å². The zero-order valence-electron chi connectivity index (χ0n) is 11.9. The predicted molar refractivity (Wildman–Crippen MR) is 75.8 cm³/mol. The summed E-state index contributed by atoms with van der Waals surface area (Å²) in [4.78, 5) is 0. The minimum absolute atomic E-state index is 0.124. The molecule has 3 heteroatoms. The minimum atomic E-state index is -0.163. The number of nitrogens with one attached hydrogen (secondary N) is 1. The van der Waals surface area contributed by atoms with Gasteiger partial charge in [-0.15, -0.1) is 0 Å². The molecule has 2 rings (SSSR count). The van der Waals surface area contributed by atoms with E-state index in [0.717, 1.165) is 44.4 Å². The molecule has 0 spiro atoms. The fraction of sp³-hybridized carbons (Fsp3) is 0.625. The van der Waals surface area contributed by atoms with E-state index in [9.17, 15) is 4.39 Å². The average Bonchev–Trinajstić information content (AvgIpc) is 2.82. The molecule has 0 amide bonds. The Kier molecular flexibility index (Phi) is 4.94. The van der Waals surface area contributed by atoms with E-state index in [1.165, 1.54) is 6.07 Å². The third-order valence-electron chi connectivity index (χ3n) is 3.96. The van der Waals surface area contributed by atoms with Crippen molar-refractivity contribution in [2.24, 2.45) is 0 Å². The largest absolute Gasteiger partial charge is 0.374 e. The Morgan fingerprint density at radius 3 is 2.95 bits per heavy atom. The molecule has 0 bridgehead atoms. The third-order valence-corrected chi connectivity index (χ3v) is 3.96. The van der Waals surface area contributed by atoms with Crippen molar-refractivity contribution < 1.29 is 9.13 Å². The smallest absolute Gasteiger partial charge is 0.123 e. The molecule has 1 heterocycles. The monoisotopic (exact) mass is 265 g/mol. The topological polar surface area (TPSA) is 21.3 Å². The van der Waals surface area contributed by atoms with Crippen LogP contribution in [-0.4, -0.2) is 24.8 Å². The van der Waals surface area contributed by atoms with Crippen LogP contribution < -0.4 is 5.32 Å². The molecule has 19 heavy (non-hydrogen) atoms. The molecule has 1 saturated heterocycles. The van der Waals surface area contributed by atoms with Gasteiger partial charge in [0.05, 0.1) is 5.60 Å². The van der Waals surface area contributed by atoms with Gasteiger partial charge in [-0.1, -0.05) is 19.1 Å². The molecule has 1 aromatic rings. The fourth-order valence-electron chi connectivity index (χ4n) is 2.80. The molecule has 2 atom stereocenters. The molecule has 0 saturated carbocycles. The van der Waals surface area contributed by atoms with Gasteiger partial charge in [-0.25, -0.2) is 4.39 Å². The molecule has 1 N–H and O–H groups in total. The Morgan fingerprint density at radius 1 is 1.47 bits per heavy atom. The van der Waals surface area contributed by atoms with E-state index in [-0.39, 0.29) is 17.5 Å². The molecule has 106 valence electrons. The summed E-state index contributed by atoms with van der Waals surface area (Å²) in [7, 11) is 0. The molecule has 2 unspecified atom stereocenters. The highest BCUT2D eigenvalue weighted by Gasteiger charge is 2.37. The van der Waals surface area contributed by atoms with Crippen molar-refractivity contribution in [1.29, 1.82) is 0 Å². The van der Waals surface area contributed by atoms with Crippen molar-refractivity contribution in [2.45, 2.75) is 51.2 Å². The summed E-state index contributed by atoms with van der Waals surface area (Å²) in [6.45, 7) is 6.14. The second-order valence-electron chi connectivity index (χ2n) is 5.61. The summed E-state index contributed by atoms with van der Waals surface area (Å²) in [6.07, 6.45) is 4.09. The van der Waals surface area contributed by atoms with Crippen molar-refractivity contribution in [1.82, 2.24) is 5.32 Å². The molecular weight excluding hydrogens is 241 g/mol. The van der Waals surface area contributed by atoms with E-state index in [2.05, 4.69) is 19.2 Å². The summed E-state index contributed by atoms with van der Waals surface area (Å²) in [5.41, 5.74) is 0.909. The van der Waals surface area contributed by atoms with E-state index in [0.29, 0.717) is 0 Å². The van der Waals surface area contributed by atoms with Crippen LogP contribution in [0.3, 0.4) is 0 Å². The lowest BCUT2D eigenvalue weighted by molar-refractivity contribution is -0.0114. The average molecular weight is 265 g/mol. The molecule has 1 aliphatic rings. The molecule has 0 aliphatic carbocycles. The van der Waals surface area contributed by atoms with Gasteiger partial charge < -0.3 is 10.1 Å². The second kappa shape index (κ2) is 6.49. The number of ether oxygens (including phenoxy) is 1. The summed E-state index contributed by atoms with van der Waals surface area (Å²) in [5.74, 6) is -0.163. The maximum atomic E-state index is 13.3. The van der Waals surface area contributed by atoms with E-state index >= 15 is 0 Å². The predicted octanol–water partition coefficient (Wildman–Crippen LogP) is 3.31. The van der Waals surface area contributed by atoms with Crippen LogP contribution in [0, 0.1) is 5.82 Å². The highest BCUT2D eigenvalue weighted by Crippen LogP contribution is 2.30. The summed E-state index contributed by atoms with van der Waals surface area (Å²) >= 11 is 0. The maximum absolute atomic E-state index is 13.3. The fourth-order valence-corrected chi connectivity index (χ4v) is 2.80. The second-order valence-corrected chi connectivity index (χ2v) is 5.61. The molecule has 1 fully saturated rings. The zero-order chi connectivity index (χ0) is 13.7. The molecule has 1 aliphatic heterocycles. The van der Waals surface area contributed by atoms with Crippen molar-refractivity contribution in [3.63, 3.8) is 0 Å². The van der Waals surface area contributed by atoms with E-state index in [1.807, 2.05) is 6.07 Å². The highest BCUT2D eigenvalue weighted by atomic mass is 19.1. The standard InChI is InChI=1S/C16H24FNO/c1-3-9-18-15(16(2)8-5-10-19-16)12-13-6-4-7-14(17)11-13/h4,6-7,11,15,18H,3,5,8-10,12H2,1-2H3. The van der Waals surface area contributed by atoms with Crippen LogP contribution in [0.2, 0.25) is 0 Å². The maximum Gasteiger partial charge on any atom is 0.123 e. The summed E-state index contributed by atoms with van der Waals surface area (Å²) in [5, 5.41) is 3.57. The van der Waals surface area contributed by atoms with Crippen LogP contribution in [-0.2, 0) is 11.2 Å². The summed E-state index contributed by atoms with van der Waals surface area (Å²) in [6, 6.07) is 7.13. The lowest BCUT2D eigenvalue weighted by Crippen LogP contribution is -2.50. The summed E-state index contributed by atoms with van der Waals surface area (Å²) < 4.78 is 19.2. The van der Waals surface area contributed by atoms with Gasteiger partial charge in [0.2, 0.25) is 0 Å². The van der Waals surface area contributed by atoms with Gasteiger partial charge >= 0.3 is 0 Å². The van der Waals surface area contributed by atoms with Crippen LogP contribution in [0.4, 0.5) is 4.39 Å². The van der Waals surface area contributed by atoms with Crippen LogP contribution in [0.15, 0.2) is 24.3 Å². The number of hydrogen-bond acceptors (Lipinski definition) is 2. The lowest BCUT2D eigenvalue weighted by atomic mass is 9.88. The van der Waals surface area contributed by atoms with Crippen LogP contribution in [0.25, 0.3) is 0 Å². The SMILES string of the molecule is CCCNC(Cc1cccc(F)c1)C1(C)CCCO1. The Morgan fingerprint density at radius 2 is 2.32 bits per heavy atom. The first-order valence-electron chi connectivity index (χ1n) is 7.26. The molecular formula is C16H24FNO. The number of halogens is 1. The van der Waals surface area contributed by atoms with Gasteiger partial charge in [-0.3, -0.25) is 0 Å². The van der Waals surface area contributed by atoms with Gasteiger partial charge in [0.15, 0.2) is 0 Å².